The standard InChI is InChI=1S/C12H19N3O2/c1-16-10-7-15(8-11(10)17-2)6-9-3-4-12(13)14-5-9/h3-5,10-11H,6-8H2,1-2H3,(H2,13,14). The number of hydrogen-bond donors (Lipinski definition) is 1. The molecule has 17 heavy (non-hydrogen) atoms. The Balaban J connectivity index is 1.94. The molecule has 1 aromatic heterocycles. The number of nitrogens with two attached hydrogens (primary N) is 1. The van der Waals surface area contributed by atoms with Gasteiger partial charge in [-0.15, -0.1) is 0 Å². The number of ether oxygens (including phenoxy) is 2. The number of nitrogen functional groups attached to an aromatic ring is 1. The first kappa shape index (κ1) is 12.3. The van der Waals surface area contributed by atoms with Crippen LogP contribution in [0.4, 0.5) is 5.82 Å². The summed E-state index contributed by atoms with van der Waals surface area (Å²) in [6, 6.07) is 3.83. The molecule has 0 bridgehead atoms. The molecule has 0 spiro atoms. The van der Waals surface area contributed by atoms with Crippen LogP contribution in [0.15, 0.2) is 18.3 Å². The van der Waals surface area contributed by atoms with Crippen LogP contribution in [-0.4, -0.2) is 49.4 Å². The van der Waals surface area contributed by atoms with E-state index in [9.17, 15) is 0 Å². The number of aromatic nitrogens is 1. The fraction of sp³-hybridized carbons (Fsp3) is 0.583. The fourth-order valence-electron chi connectivity index (χ4n) is 2.19. The van der Waals surface area contributed by atoms with Crippen LogP contribution in [-0.2, 0) is 16.0 Å². The number of likely N-dealkylation sites (tertiary alicyclic amines) is 1. The van der Waals surface area contributed by atoms with E-state index in [4.69, 9.17) is 15.2 Å². The molecule has 0 aliphatic carbocycles. The van der Waals surface area contributed by atoms with Crippen molar-refractivity contribution >= 4 is 5.82 Å². The molecule has 2 heterocycles. The Hall–Kier alpha value is -1.17. The van der Waals surface area contributed by atoms with Crippen molar-refractivity contribution in [3.05, 3.63) is 23.9 Å². The molecule has 1 aromatic rings. The van der Waals surface area contributed by atoms with Gasteiger partial charge in [0.2, 0.25) is 0 Å². The highest BCUT2D eigenvalue weighted by molar-refractivity contribution is 5.29. The fourth-order valence-corrected chi connectivity index (χ4v) is 2.19. The van der Waals surface area contributed by atoms with Gasteiger partial charge in [0.1, 0.15) is 5.82 Å². The number of nitrogens with zero attached hydrogens (tertiary/aromatic N) is 2. The number of anilines is 1. The average Bonchev–Trinajstić information content (AvgIpc) is 2.74. The molecule has 0 saturated carbocycles. The minimum Gasteiger partial charge on any atom is -0.384 e. The number of methoxy groups -OCH3 is 2. The van der Waals surface area contributed by atoms with Gasteiger partial charge >= 0.3 is 0 Å². The Morgan fingerprint density at radius 1 is 1.29 bits per heavy atom. The van der Waals surface area contributed by atoms with Crippen molar-refractivity contribution in [1.29, 1.82) is 0 Å². The lowest BCUT2D eigenvalue weighted by Crippen LogP contribution is -2.27. The van der Waals surface area contributed by atoms with Gasteiger partial charge < -0.3 is 15.2 Å². The maximum atomic E-state index is 5.56. The molecule has 2 rings (SSSR count). The Morgan fingerprint density at radius 3 is 2.41 bits per heavy atom. The van der Waals surface area contributed by atoms with E-state index in [1.807, 2.05) is 18.3 Å². The molecule has 0 radical (unpaired) electrons. The minimum atomic E-state index is 0.154. The van der Waals surface area contributed by atoms with E-state index in [0.29, 0.717) is 5.82 Å². The Morgan fingerprint density at radius 2 is 1.94 bits per heavy atom. The summed E-state index contributed by atoms with van der Waals surface area (Å²) < 4.78 is 10.8. The molecular weight excluding hydrogens is 218 g/mol. The van der Waals surface area contributed by atoms with Crippen LogP contribution in [0, 0.1) is 0 Å². The van der Waals surface area contributed by atoms with Crippen molar-refractivity contribution in [1.82, 2.24) is 9.88 Å². The first-order chi connectivity index (χ1) is 8.22. The minimum absolute atomic E-state index is 0.154. The van der Waals surface area contributed by atoms with Crippen molar-refractivity contribution < 1.29 is 9.47 Å². The highest BCUT2D eigenvalue weighted by Gasteiger charge is 2.32. The normalized spacial score (nSPS) is 25.3. The van der Waals surface area contributed by atoms with Crippen LogP contribution in [0.1, 0.15) is 5.56 Å². The Bertz CT molecular complexity index is 343. The second-order valence-corrected chi connectivity index (χ2v) is 4.33. The van der Waals surface area contributed by atoms with Gasteiger partial charge in [-0.2, -0.15) is 0 Å². The second kappa shape index (κ2) is 5.44. The molecule has 2 unspecified atom stereocenters. The van der Waals surface area contributed by atoms with Gasteiger partial charge in [-0.3, -0.25) is 4.90 Å². The van der Waals surface area contributed by atoms with Crippen LogP contribution in [0.25, 0.3) is 0 Å². The topological polar surface area (TPSA) is 60.6 Å². The van der Waals surface area contributed by atoms with Crippen molar-refractivity contribution in [2.24, 2.45) is 0 Å². The zero-order valence-electron chi connectivity index (χ0n) is 10.3. The Kier molecular flexibility index (Phi) is 3.93. The molecule has 2 atom stereocenters. The van der Waals surface area contributed by atoms with E-state index in [2.05, 4.69) is 9.88 Å². The van der Waals surface area contributed by atoms with Crippen LogP contribution >= 0.6 is 0 Å². The van der Waals surface area contributed by atoms with Gasteiger partial charge in [0, 0.05) is 40.1 Å². The van der Waals surface area contributed by atoms with Gasteiger partial charge in [-0.25, -0.2) is 4.98 Å². The Labute approximate surface area is 102 Å². The lowest BCUT2D eigenvalue weighted by Gasteiger charge is -2.14. The van der Waals surface area contributed by atoms with E-state index in [1.54, 1.807) is 14.2 Å². The molecular formula is C12H19N3O2. The predicted octanol–water partition coefficient (Wildman–Crippen LogP) is 0.509. The first-order valence-corrected chi connectivity index (χ1v) is 5.71. The summed E-state index contributed by atoms with van der Waals surface area (Å²) in [6.07, 6.45) is 2.13. The largest absolute Gasteiger partial charge is 0.384 e. The molecule has 1 aliphatic rings. The molecule has 5 nitrogen and oxygen atoms in total. The highest BCUT2D eigenvalue weighted by atomic mass is 16.5. The van der Waals surface area contributed by atoms with E-state index >= 15 is 0 Å². The molecule has 2 N–H and O–H groups in total. The van der Waals surface area contributed by atoms with Crippen molar-refractivity contribution in [3.8, 4) is 0 Å². The van der Waals surface area contributed by atoms with E-state index in [-0.39, 0.29) is 12.2 Å². The molecule has 0 aromatic carbocycles. The third-order valence-corrected chi connectivity index (χ3v) is 3.15. The highest BCUT2D eigenvalue weighted by Crippen LogP contribution is 2.18. The van der Waals surface area contributed by atoms with Crippen LogP contribution in [0.5, 0.6) is 0 Å². The maximum absolute atomic E-state index is 5.56. The summed E-state index contributed by atoms with van der Waals surface area (Å²) >= 11 is 0. The number of hydrogen-bond acceptors (Lipinski definition) is 5. The zero-order chi connectivity index (χ0) is 12.3. The van der Waals surface area contributed by atoms with Gasteiger partial charge in [-0.1, -0.05) is 6.07 Å². The van der Waals surface area contributed by atoms with E-state index in [0.717, 1.165) is 25.2 Å². The molecule has 94 valence electrons. The lowest BCUT2D eigenvalue weighted by molar-refractivity contribution is -0.00461. The summed E-state index contributed by atoms with van der Waals surface area (Å²) in [5.41, 5.74) is 6.72. The van der Waals surface area contributed by atoms with Crippen LogP contribution in [0.2, 0.25) is 0 Å². The summed E-state index contributed by atoms with van der Waals surface area (Å²) in [5, 5.41) is 0. The molecule has 1 aliphatic heterocycles. The monoisotopic (exact) mass is 237 g/mol. The van der Waals surface area contributed by atoms with Crippen molar-refractivity contribution in [3.63, 3.8) is 0 Å². The summed E-state index contributed by atoms with van der Waals surface area (Å²) in [4.78, 5) is 6.39. The number of pyridine rings is 1. The molecule has 1 saturated heterocycles. The smallest absolute Gasteiger partial charge is 0.123 e. The zero-order valence-corrected chi connectivity index (χ0v) is 10.3. The van der Waals surface area contributed by atoms with Gasteiger partial charge in [0.15, 0.2) is 0 Å². The quantitative estimate of drug-likeness (QED) is 0.826. The van der Waals surface area contributed by atoms with E-state index < -0.39 is 0 Å². The molecule has 1 fully saturated rings. The third-order valence-electron chi connectivity index (χ3n) is 3.15. The average molecular weight is 237 g/mol. The summed E-state index contributed by atoms with van der Waals surface area (Å²) in [7, 11) is 3.45. The van der Waals surface area contributed by atoms with Crippen LogP contribution < -0.4 is 5.73 Å². The van der Waals surface area contributed by atoms with Crippen LogP contribution in [0.3, 0.4) is 0 Å². The predicted molar refractivity (Wildman–Crippen MR) is 65.5 cm³/mol. The summed E-state index contributed by atoms with van der Waals surface area (Å²) in [6.45, 7) is 2.63. The lowest BCUT2D eigenvalue weighted by atomic mass is 10.2. The van der Waals surface area contributed by atoms with Gasteiger partial charge in [-0.05, 0) is 11.6 Å². The van der Waals surface area contributed by atoms with E-state index in [1.165, 1.54) is 0 Å². The molecule has 5 heteroatoms. The first-order valence-electron chi connectivity index (χ1n) is 5.71. The maximum Gasteiger partial charge on any atom is 0.123 e. The van der Waals surface area contributed by atoms with Crippen molar-refractivity contribution in [2.45, 2.75) is 18.8 Å². The van der Waals surface area contributed by atoms with Gasteiger partial charge in [0.05, 0.1) is 12.2 Å². The van der Waals surface area contributed by atoms with Crippen molar-refractivity contribution in [2.75, 3.05) is 33.0 Å². The second-order valence-electron chi connectivity index (χ2n) is 4.33. The SMILES string of the molecule is COC1CN(Cc2ccc(N)nc2)CC1OC. The summed E-state index contributed by atoms with van der Waals surface area (Å²) in [5.74, 6) is 0.555. The van der Waals surface area contributed by atoms with Gasteiger partial charge in [0.25, 0.3) is 0 Å². The third kappa shape index (κ3) is 2.94. The molecule has 0 amide bonds. The number of rotatable bonds is 4.